The Kier molecular flexibility index (Phi) is 6.13. The molecular weight excluding hydrogens is 362 g/mol. The summed E-state index contributed by atoms with van der Waals surface area (Å²) >= 11 is 0. The second kappa shape index (κ2) is 9.12. The predicted molar refractivity (Wildman–Crippen MR) is 115 cm³/mol. The number of hydrogen-bond acceptors (Lipinski definition) is 2. The third-order valence-corrected chi connectivity index (χ3v) is 5.97. The van der Waals surface area contributed by atoms with E-state index in [1.807, 2.05) is 52.3 Å². The lowest BCUT2D eigenvalue weighted by atomic mass is 9.98. The van der Waals surface area contributed by atoms with Crippen LogP contribution in [0.2, 0.25) is 0 Å². The molecule has 5 nitrogen and oxygen atoms in total. The lowest BCUT2D eigenvalue weighted by molar-refractivity contribution is 0.0933. The minimum Gasteiger partial charge on any atom is -0.352 e. The Morgan fingerprint density at radius 2 is 1.48 bits per heavy atom. The van der Waals surface area contributed by atoms with E-state index in [-0.39, 0.29) is 11.9 Å². The summed E-state index contributed by atoms with van der Waals surface area (Å²) in [6.07, 6.45) is 4.28. The Hall–Kier alpha value is -2.82. The SMILES string of the molecule is O=C(NC[C@H]1CCCN(C(=O)N2CCCC2)C1)c1ccc(-c2ccccc2)cc1. The molecule has 2 aromatic rings. The fourth-order valence-electron chi connectivity index (χ4n) is 4.30. The van der Waals surface area contributed by atoms with Gasteiger partial charge in [0.2, 0.25) is 0 Å². The van der Waals surface area contributed by atoms with Crippen molar-refractivity contribution < 1.29 is 9.59 Å². The van der Waals surface area contributed by atoms with Gasteiger partial charge in [-0.1, -0.05) is 42.5 Å². The van der Waals surface area contributed by atoms with Gasteiger partial charge in [0.1, 0.15) is 0 Å². The van der Waals surface area contributed by atoms with Crippen LogP contribution in [0.5, 0.6) is 0 Å². The van der Waals surface area contributed by atoms with Crippen LogP contribution in [0, 0.1) is 5.92 Å². The lowest BCUT2D eigenvalue weighted by Gasteiger charge is -2.35. The molecule has 29 heavy (non-hydrogen) atoms. The van der Waals surface area contributed by atoms with Gasteiger partial charge in [0.05, 0.1) is 0 Å². The van der Waals surface area contributed by atoms with Crippen molar-refractivity contribution in [2.75, 3.05) is 32.7 Å². The van der Waals surface area contributed by atoms with Crippen molar-refractivity contribution in [3.8, 4) is 11.1 Å². The highest BCUT2D eigenvalue weighted by molar-refractivity contribution is 5.94. The predicted octanol–water partition coefficient (Wildman–Crippen LogP) is 4.01. The van der Waals surface area contributed by atoms with Crippen molar-refractivity contribution in [2.24, 2.45) is 5.92 Å². The molecule has 0 bridgehead atoms. The smallest absolute Gasteiger partial charge is 0.320 e. The van der Waals surface area contributed by atoms with Gasteiger partial charge in [-0.3, -0.25) is 4.79 Å². The molecule has 0 unspecified atom stereocenters. The number of rotatable bonds is 4. The van der Waals surface area contributed by atoms with E-state index in [1.54, 1.807) is 0 Å². The number of carbonyl (C=O) groups excluding carboxylic acids is 2. The first-order chi connectivity index (χ1) is 14.2. The first kappa shape index (κ1) is 19.5. The number of hydrogen-bond donors (Lipinski definition) is 1. The van der Waals surface area contributed by atoms with E-state index in [1.165, 1.54) is 0 Å². The summed E-state index contributed by atoms with van der Waals surface area (Å²) in [6.45, 7) is 3.96. The number of likely N-dealkylation sites (tertiary alicyclic amines) is 2. The maximum Gasteiger partial charge on any atom is 0.320 e. The van der Waals surface area contributed by atoms with Gasteiger partial charge < -0.3 is 15.1 Å². The van der Waals surface area contributed by atoms with Crippen LogP contribution in [-0.2, 0) is 0 Å². The van der Waals surface area contributed by atoms with Gasteiger partial charge >= 0.3 is 6.03 Å². The summed E-state index contributed by atoms with van der Waals surface area (Å²) in [7, 11) is 0. The summed E-state index contributed by atoms with van der Waals surface area (Å²) in [4.78, 5) is 29.1. The molecule has 152 valence electrons. The van der Waals surface area contributed by atoms with Crippen LogP contribution in [0.25, 0.3) is 11.1 Å². The molecule has 2 aromatic carbocycles. The van der Waals surface area contributed by atoms with Crippen molar-refractivity contribution in [3.05, 3.63) is 60.2 Å². The van der Waals surface area contributed by atoms with Crippen molar-refractivity contribution in [3.63, 3.8) is 0 Å². The van der Waals surface area contributed by atoms with Crippen LogP contribution in [0.1, 0.15) is 36.0 Å². The number of urea groups is 1. The minimum atomic E-state index is -0.0485. The molecule has 0 radical (unpaired) electrons. The molecule has 1 N–H and O–H groups in total. The van der Waals surface area contributed by atoms with Crippen molar-refractivity contribution in [2.45, 2.75) is 25.7 Å². The third-order valence-electron chi connectivity index (χ3n) is 5.97. The summed E-state index contributed by atoms with van der Waals surface area (Å²) < 4.78 is 0. The molecule has 4 rings (SSSR count). The van der Waals surface area contributed by atoms with Gasteiger partial charge in [0.25, 0.3) is 5.91 Å². The highest BCUT2D eigenvalue weighted by Crippen LogP contribution is 2.21. The molecule has 2 saturated heterocycles. The molecule has 2 aliphatic rings. The number of amides is 3. The number of piperidine rings is 1. The summed E-state index contributed by atoms with van der Waals surface area (Å²) in [6, 6.07) is 18.0. The molecule has 3 amide bonds. The van der Waals surface area contributed by atoms with E-state index in [9.17, 15) is 9.59 Å². The van der Waals surface area contributed by atoms with Crippen LogP contribution < -0.4 is 5.32 Å². The fraction of sp³-hybridized carbons (Fsp3) is 0.417. The van der Waals surface area contributed by atoms with E-state index in [4.69, 9.17) is 0 Å². The summed E-state index contributed by atoms with van der Waals surface area (Å²) in [5.74, 6) is 0.274. The van der Waals surface area contributed by atoms with Crippen molar-refractivity contribution in [1.29, 1.82) is 0 Å². The lowest BCUT2D eigenvalue weighted by Crippen LogP contribution is -2.48. The number of carbonyl (C=O) groups is 2. The molecule has 0 aromatic heterocycles. The minimum absolute atomic E-state index is 0.0485. The average Bonchev–Trinajstić information content (AvgIpc) is 3.33. The highest BCUT2D eigenvalue weighted by atomic mass is 16.2. The van der Waals surface area contributed by atoms with Gasteiger partial charge in [-0.05, 0) is 54.9 Å². The molecule has 2 aliphatic heterocycles. The topological polar surface area (TPSA) is 52.7 Å². The molecule has 1 atom stereocenters. The molecule has 0 saturated carbocycles. The zero-order valence-electron chi connectivity index (χ0n) is 16.8. The van der Waals surface area contributed by atoms with Crippen molar-refractivity contribution >= 4 is 11.9 Å². The second-order valence-corrected chi connectivity index (χ2v) is 8.08. The second-order valence-electron chi connectivity index (χ2n) is 8.08. The Morgan fingerprint density at radius 3 is 2.21 bits per heavy atom. The fourth-order valence-corrected chi connectivity index (χ4v) is 4.30. The van der Waals surface area contributed by atoms with E-state index in [0.717, 1.165) is 63.0 Å². The van der Waals surface area contributed by atoms with Gasteiger partial charge in [-0.15, -0.1) is 0 Å². The van der Waals surface area contributed by atoms with Crippen LogP contribution in [-0.4, -0.2) is 54.5 Å². The number of nitrogens with one attached hydrogen (secondary N) is 1. The first-order valence-corrected chi connectivity index (χ1v) is 10.7. The van der Waals surface area contributed by atoms with E-state index in [2.05, 4.69) is 17.4 Å². The molecule has 0 spiro atoms. The van der Waals surface area contributed by atoms with Crippen LogP contribution in [0.3, 0.4) is 0 Å². The monoisotopic (exact) mass is 391 g/mol. The number of benzene rings is 2. The Labute approximate surface area is 172 Å². The Bertz CT molecular complexity index is 829. The maximum absolute atomic E-state index is 12.6. The largest absolute Gasteiger partial charge is 0.352 e. The zero-order chi connectivity index (χ0) is 20.1. The Balaban J connectivity index is 1.29. The highest BCUT2D eigenvalue weighted by Gasteiger charge is 2.28. The third kappa shape index (κ3) is 4.78. The zero-order valence-corrected chi connectivity index (χ0v) is 16.8. The summed E-state index contributed by atoms with van der Waals surface area (Å²) in [5, 5.41) is 3.07. The first-order valence-electron chi connectivity index (χ1n) is 10.7. The van der Waals surface area contributed by atoms with E-state index < -0.39 is 0 Å². The van der Waals surface area contributed by atoms with Gasteiger partial charge in [0.15, 0.2) is 0 Å². The maximum atomic E-state index is 12.6. The molecule has 0 aliphatic carbocycles. The van der Waals surface area contributed by atoms with Crippen LogP contribution in [0.4, 0.5) is 4.79 Å². The molecule has 2 heterocycles. The average molecular weight is 392 g/mol. The van der Waals surface area contributed by atoms with Gasteiger partial charge in [-0.25, -0.2) is 4.79 Å². The molecule has 2 fully saturated rings. The molecule has 5 heteroatoms. The van der Waals surface area contributed by atoms with E-state index in [0.29, 0.717) is 18.0 Å². The summed E-state index contributed by atoms with van der Waals surface area (Å²) in [5.41, 5.74) is 2.92. The van der Waals surface area contributed by atoms with Crippen LogP contribution >= 0.6 is 0 Å². The van der Waals surface area contributed by atoms with Crippen molar-refractivity contribution in [1.82, 2.24) is 15.1 Å². The Morgan fingerprint density at radius 1 is 0.828 bits per heavy atom. The standard InChI is InChI=1S/C24H29N3O2/c28-23(22-12-10-21(11-13-22)20-8-2-1-3-9-20)25-17-19-7-6-16-27(18-19)24(29)26-14-4-5-15-26/h1-3,8-13,19H,4-7,14-18H2,(H,25,28)/t19-/m1/s1. The van der Waals surface area contributed by atoms with Gasteiger partial charge in [-0.2, -0.15) is 0 Å². The molecular formula is C24H29N3O2. The normalized spacial score (nSPS) is 19.2. The van der Waals surface area contributed by atoms with Gasteiger partial charge in [0, 0.05) is 38.3 Å². The number of nitrogens with zero attached hydrogens (tertiary/aromatic N) is 2. The van der Waals surface area contributed by atoms with E-state index >= 15 is 0 Å². The quantitative estimate of drug-likeness (QED) is 0.856. The van der Waals surface area contributed by atoms with Crippen LogP contribution in [0.15, 0.2) is 54.6 Å².